The molecule has 0 unspecified atom stereocenters. The summed E-state index contributed by atoms with van der Waals surface area (Å²) in [6, 6.07) is 7.10. The van der Waals surface area contributed by atoms with Crippen LogP contribution in [0.5, 0.6) is 0 Å². The molecule has 0 aromatic heterocycles. The van der Waals surface area contributed by atoms with Crippen LogP contribution in [0.15, 0.2) is 24.3 Å². The highest BCUT2D eigenvalue weighted by atomic mass is 16.5. The monoisotopic (exact) mass is 221 g/mol. The van der Waals surface area contributed by atoms with Crippen LogP contribution < -0.4 is 11.1 Å². The van der Waals surface area contributed by atoms with E-state index < -0.39 is 6.09 Å². The van der Waals surface area contributed by atoms with Crippen molar-refractivity contribution in [2.24, 2.45) is 5.73 Å². The van der Waals surface area contributed by atoms with Crippen LogP contribution in [-0.2, 0) is 11.3 Å². The molecular formula is C11H15N3O2. The van der Waals surface area contributed by atoms with Crippen molar-refractivity contribution >= 4 is 11.9 Å². The van der Waals surface area contributed by atoms with E-state index in [1.807, 2.05) is 12.1 Å². The Balaban J connectivity index is 2.49. The van der Waals surface area contributed by atoms with Gasteiger partial charge in [0.1, 0.15) is 5.84 Å². The largest absolute Gasteiger partial charge is 0.450 e. The number of nitrogen functional groups attached to an aromatic ring is 1. The van der Waals surface area contributed by atoms with E-state index in [1.54, 1.807) is 19.1 Å². The third kappa shape index (κ3) is 3.61. The third-order valence-electron chi connectivity index (χ3n) is 1.98. The summed E-state index contributed by atoms with van der Waals surface area (Å²) in [4.78, 5) is 11.0. The van der Waals surface area contributed by atoms with Crippen molar-refractivity contribution in [1.29, 1.82) is 5.41 Å². The van der Waals surface area contributed by atoms with Gasteiger partial charge in [-0.15, -0.1) is 0 Å². The fourth-order valence-corrected chi connectivity index (χ4v) is 1.16. The number of amidine groups is 1. The number of hydrogen-bond donors (Lipinski definition) is 3. The molecule has 0 bridgehead atoms. The minimum absolute atomic E-state index is 0.0323. The minimum atomic E-state index is -0.432. The highest BCUT2D eigenvalue weighted by molar-refractivity contribution is 5.94. The summed E-state index contributed by atoms with van der Waals surface area (Å²) < 4.78 is 4.72. The smallest absolute Gasteiger partial charge is 0.407 e. The van der Waals surface area contributed by atoms with Crippen LogP contribution in [0.25, 0.3) is 0 Å². The van der Waals surface area contributed by atoms with E-state index in [4.69, 9.17) is 15.9 Å². The second-order valence-electron chi connectivity index (χ2n) is 3.18. The number of alkyl carbamates (subject to hydrolysis) is 1. The number of nitrogens with two attached hydrogens (primary N) is 1. The molecule has 1 rings (SSSR count). The zero-order valence-electron chi connectivity index (χ0n) is 9.12. The number of ether oxygens (including phenoxy) is 1. The van der Waals surface area contributed by atoms with Crippen LogP contribution in [0.3, 0.4) is 0 Å². The zero-order chi connectivity index (χ0) is 12.0. The maximum absolute atomic E-state index is 11.0. The van der Waals surface area contributed by atoms with E-state index in [1.165, 1.54) is 0 Å². The van der Waals surface area contributed by atoms with E-state index in [-0.39, 0.29) is 5.84 Å². The summed E-state index contributed by atoms with van der Waals surface area (Å²) in [5.74, 6) is 0.0323. The molecule has 0 radical (unpaired) electrons. The Hall–Kier alpha value is -2.04. The van der Waals surface area contributed by atoms with Crippen LogP contribution in [0.1, 0.15) is 18.1 Å². The molecule has 5 heteroatoms. The molecule has 1 amide bonds. The Morgan fingerprint density at radius 3 is 2.56 bits per heavy atom. The normalized spacial score (nSPS) is 9.56. The molecule has 0 spiro atoms. The number of benzene rings is 1. The van der Waals surface area contributed by atoms with Crippen molar-refractivity contribution in [3.8, 4) is 0 Å². The topological polar surface area (TPSA) is 88.2 Å². The van der Waals surface area contributed by atoms with Gasteiger partial charge >= 0.3 is 6.09 Å². The molecule has 0 aliphatic heterocycles. The molecular weight excluding hydrogens is 206 g/mol. The van der Waals surface area contributed by atoms with Gasteiger partial charge in [-0.3, -0.25) is 5.41 Å². The lowest BCUT2D eigenvalue weighted by Crippen LogP contribution is -2.23. The molecule has 0 atom stereocenters. The Kier molecular flexibility index (Phi) is 4.32. The molecule has 0 heterocycles. The maximum atomic E-state index is 11.0. The van der Waals surface area contributed by atoms with Gasteiger partial charge in [-0.25, -0.2) is 4.79 Å². The molecule has 0 fully saturated rings. The lowest BCUT2D eigenvalue weighted by Gasteiger charge is -2.05. The van der Waals surface area contributed by atoms with Gasteiger partial charge in [0.2, 0.25) is 0 Å². The molecule has 0 saturated heterocycles. The molecule has 0 aliphatic rings. The van der Waals surface area contributed by atoms with Gasteiger partial charge in [-0.2, -0.15) is 0 Å². The number of nitrogens with one attached hydrogen (secondary N) is 2. The Bertz CT molecular complexity index is 373. The van der Waals surface area contributed by atoms with Gasteiger partial charge in [-0.05, 0) is 12.5 Å². The van der Waals surface area contributed by atoms with Gasteiger partial charge in [-0.1, -0.05) is 24.3 Å². The van der Waals surface area contributed by atoms with Crippen LogP contribution in [-0.4, -0.2) is 18.5 Å². The minimum Gasteiger partial charge on any atom is -0.450 e. The highest BCUT2D eigenvalue weighted by Gasteiger charge is 2.01. The standard InChI is InChI=1S/C11H15N3O2/c1-2-16-11(15)14-7-8-3-5-9(6-4-8)10(12)13/h3-6H,2,7H2,1H3,(H3,12,13)(H,14,15). The summed E-state index contributed by atoms with van der Waals surface area (Å²) >= 11 is 0. The van der Waals surface area contributed by atoms with Gasteiger partial charge < -0.3 is 15.8 Å². The molecule has 1 aromatic rings. The van der Waals surface area contributed by atoms with Crippen LogP contribution in [0, 0.1) is 5.41 Å². The van der Waals surface area contributed by atoms with E-state index in [9.17, 15) is 4.79 Å². The molecule has 1 aromatic carbocycles. The molecule has 5 nitrogen and oxygen atoms in total. The van der Waals surface area contributed by atoms with Crippen molar-refractivity contribution in [3.05, 3.63) is 35.4 Å². The second-order valence-corrected chi connectivity index (χ2v) is 3.18. The lowest BCUT2D eigenvalue weighted by atomic mass is 10.1. The number of carbonyl (C=O) groups is 1. The second kappa shape index (κ2) is 5.75. The Morgan fingerprint density at radius 2 is 2.06 bits per heavy atom. The molecule has 0 saturated carbocycles. The molecule has 4 N–H and O–H groups in total. The maximum Gasteiger partial charge on any atom is 0.407 e. The summed E-state index contributed by atoms with van der Waals surface area (Å²) in [5.41, 5.74) is 6.91. The Morgan fingerprint density at radius 1 is 1.44 bits per heavy atom. The molecule has 0 aliphatic carbocycles. The summed E-state index contributed by atoms with van der Waals surface area (Å²) in [6.45, 7) is 2.51. The van der Waals surface area contributed by atoms with Crippen LogP contribution >= 0.6 is 0 Å². The molecule has 16 heavy (non-hydrogen) atoms. The number of amides is 1. The zero-order valence-corrected chi connectivity index (χ0v) is 9.12. The first-order chi connectivity index (χ1) is 7.63. The number of carbonyl (C=O) groups excluding carboxylic acids is 1. The summed E-state index contributed by atoms with van der Waals surface area (Å²) in [7, 11) is 0. The van der Waals surface area contributed by atoms with Crippen molar-refractivity contribution in [1.82, 2.24) is 5.32 Å². The van der Waals surface area contributed by atoms with Gasteiger partial charge in [0.15, 0.2) is 0 Å². The average Bonchev–Trinajstić information content (AvgIpc) is 2.27. The third-order valence-corrected chi connectivity index (χ3v) is 1.98. The first-order valence-electron chi connectivity index (χ1n) is 4.97. The van der Waals surface area contributed by atoms with Crippen LogP contribution in [0.4, 0.5) is 4.79 Å². The Labute approximate surface area is 94.1 Å². The van der Waals surface area contributed by atoms with Crippen molar-refractivity contribution < 1.29 is 9.53 Å². The summed E-state index contributed by atoms with van der Waals surface area (Å²) in [5, 5.41) is 9.82. The van der Waals surface area contributed by atoms with Crippen molar-refractivity contribution in [2.45, 2.75) is 13.5 Å². The predicted molar refractivity (Wildman–Crippen MR) is 61.3 cm³/mol. The lowest BCUT2D eigenvalue weighted by molar-refractivity contribution is 0.151. The number of rotatable bonds is 4. The first kappa shape index (κ1) is 12.0. The molecule has 86 valence electrons. The number of hydrogen-bond acceptors (Lipinski definition) is 3. The van der Waals surface area contributed by atoms with E-state index in [0.717, 1.165) is 5.56 Å². The first-order valence-corrected chi connectivity index (χ1v) is 4.97. The van der Waals surface area contributed by atoms with E-state index in [0.29, 0.717) is 18.7 Å². The van der Waals surface area contributed by atoms with E-state index >= 15 is 0 Å². The average molecular weight is 221 g/mol. The SMILES string of the molecule is CCOC(=O)NCc1ccc(C(=N)N)cc1. The fraction of sp³-hybridized carbons (Fsp3) is 0.273. The quantitative estimate of drug-likeness (QED) is 0.527. The highest BCUT2D eigenvalue weighted by Crippen LogP contribution is 2.03. The van der Waals surface area contributed by atoms with Gasteiger partial charge in [0.05, 0.1) is 6.61 Å². The fourth-order valence-electron chi connectivity index (χ4n) is 1.16. The van der Waals surface area contributed by atoms with Crippen LogP contribution in [0.2, 0.25) is 0 Å². The predicted octanol–water partition coefficient (Wildman–Crippen LogP) is 1.22. The van der Waals surface area contributed by atoms with Crippen molar-refractivity contribution in [2.75, 3.05) is 6.61 Å². The van der Waals surface area contributed by atoms with E-state index in [2.05, 4.69) is 5.32 Å². The van der Waals surface area contributed by atoms with Crippen molar-refractivity contribution in [3.63, 3.8) is 0 Å². The van der Waals surface area contributed by atoms with Gasteiger partial charge in [0.25, 0.3) is 0 Å². The van der Waals surface area contributed by atoms with Gasteiger partial charge in [0, 0.05) is 12.1 Å². The summed E-state index contributed by atoms with van der Waals surface area (Å²) in [6.07, 6.45) is -0.432.